The summed E-state index contributed by atoms with van der Waals surface area (Å²) < 4.78 is 53.7. The zero-order chi connectivity index (χ0) is 14.2. The molecule has 0 unspecified atom stereocenters. The van der Waals surface area contributed by atoms with Crippen LogP contribution in [0.3, 0.4) is 0 Å². The van der Waals surface area contributed by atoms with Crippen molar-refractivity contribution in [1.29, 1.82) is 0 Å². The Kier molecular flexibility index (Phi) is 3.27. The molecule has 0 amide bonds. The van der Waals surface area contributed by atoms with Gasteiger partial charge in [-0.3, -0.25) is 9.40 Å². The highest BCUT2D eigenvalue weighted by molar-refractivity contribution is 7.92. The SMILES string of the molecule is Cc1c(S(=O)(=O)Nc2ccc(F)cc2F)cnn1C. The number of nitrogens with one attached hydrogen (secondary N) is 1. The van der Waals surface area contributed by atoms with Gasteiger partial charge in [0.1, 0.15) is 16.5 Å². The van der Waals surface area contributed by atoms with Gasteiger partial charge in [-0.2, -0.15) is 5.10 Å². The van der Waals surface area contributed by atoms with Gasteiger partial charge in [-0.15, -0.1) is 0 Å². The van der Waals surface area contributed by atoms with E-state index in [1.165, 1.54) is 10.9 Å². The molecule has 2 rings (SSSR count). The highest BCUT2D eigenvalue weighted by Gasteiger charge is 2.21. The van der Waals surface area contributed by atoms with Gasteiger partial charge >= 0.3 is 0 Å². The van der Waals surface area contributed by atoms with E-state index >= 15 is 0 Å². The third-order valence-corrected chi connectivity index (χ3v) is 4.12. The molecule has 0 spiro atoms. The van der Waals surface area contributed by atoms with Gasteiger partial charge in [-0.05, 0) is 19.1 Å². The van der Waals surface area contributed by atoms with Crippen LogP contribution in [0, 0.1) is 18.6 Å². The van der Waals surface area contributed by atoms with Crippen molar-refractivity contribution >= 4 is 15.7 Å². The molecule has 0 aliphatic heterocycles. The molecule has 0 saturated heterocycles. The first kappa shape index (κ1) is 13.5. The number of hydrogen-bond acceptors (Lipinski definition) is 3. The summed E-state index contributed by atoms with van der Waals surface area (Å²) in [6.07, 6.45) is 1.17. The summed E-state index contributed by atoms with van der Waals surface area (Å²) in [5.74, 6) is -1.76. The van der Waals surface area contributed by atoms with Crippen LogP contribution in [-0.4, -0.2) is 18.2 Å². The van der Waals surface area contributed by atoms with E-state index in [1.807, 2.05) is 0 Å². The molecule has 1 heterocycles. The van der Waals surface area contributed by atoms with Crippen LogP contribution in [0.5, 0.6) is 0 Å². The zero-order valence-corrected chi connectivity index (χ0v) is 11.0. The van der Waals surface area contributed by atoms with Crippen LogP contribution in [0.15, 0.2) is 29.3 Å². The van der Waals surface area contributed by atoms with Crippen LogP contribution in [0.25, 0.3) is 0 Å². The fourth-order valence-electron chi connectivity index (χ4n) is 1.51. The molecule has 2 aromatic rings. The van der Waals surface area contributed by atoms with Crippen molar-refractivity contribution in [1.82, 2.24) is 9.78 Å². The molecule has 0 aliphatic carbocycles. The standard InChI is InChI=1S/C11H11F2N3O2S/c1-7-11(6-14-16(7)2)19(17,18)15-10-4-3-8(12)5-9(10)13/h3-6,15H,1-2H3. The second kappa shape index (κ2) is 4.61. The summed E-state index contributed by atoms with van der Waals surface area (Å²) in [6, 6.07) is 2.60. The Labute approximate surface area is 108 Å². The molecule has 0 aliphatic rings. The van der Waals surface area contributed by atoms with Crippen molar-refractivity contribution < 1.29 is 17.2 Å². The van der Waals surface area contributed by atoms with Gasteiger partial charge in [0, 0.05) is 13.1 Å². The van der Waals surface area contributed by atoms with E-state index in [4.69, 9.17) is 0 Å². The Balaban J connectivity index is 2.39. The van der Waals surface area contributed by atoms with E-state index in [2.05, 4.69) is 9.82 Å². The first-order chi connectivity index (χ1) is 8.81. The predicted molar refractivity (Wildman–Crippen MR) is 65.1 cm³/mol. The van der Waals surface area contributed by atoms with Crippen molar-refractivity contribution in [2.24, 2.45) is 7.05 Å². The lowest BCUT2D eigenvalue weighted by molar-refractivity contribution is 0.582. The van der Waals surface area contributed by atoms with E-state index in [0.29, 0.717) is 11.8 Å². The summed E-state index contributed by atoms with van der Waals surface area (Å²) in [5, 5.41) is 3.80. The Bertz CT molecular complexity index is 726. The highest BCUT2D eigenvalue weighted by Crippen LogP contribution is 2.21. The first-order valence-corrected chi connectivity index (χ1v) is 6.76. The number of rotatable bonds is 3. The fourth-order valence-corrected chi connectivity index (χ4v) is 2.79. The lowest BCUT2D eigenvalue weighted by atomic mass is 10.3. The molecular formula is C11H11F2N3O2S. The van der Waals surface area contributed by atoms with Crippen LogP contribution in [0.1, 0.15) is 5.69 Å². The third-order valence-electron chi connectivity index (χ3n) is 2.66. The number of aromatic nitrogens is 2. The Morgan fingerprint density at radius 3 is 2.53 bits per heavy atom. The van der Waals surface area contributed by atoms with Crippen LogP contribution in [-0.2, 0) is 17.1 Å². The molecule has 0 fully saturated rings. The van der Waals surface area contributed by atoms with Crippen molar-refractivity contribution in [2.45, 2.75) is 11.8 Å². The minimum atomic E-state index is -3.95. The summed E-state index contributed by atoms with van der Waals surface area (Å²) >= 11 is 0. The summed E-state index contributed by atoms with van der Waals surface area (Å²) in [4.78, 5) is -0.0567. The summed E-state index contributed by atoms with van der Waals surface area (Å²) in [6.45, 7) is 1.57. The van der Waals surface area contributed by atoms with Crippen molar-refractivity contribution in [3.8, 4) is 0 Å². The van der Waals surface area contributed by atoms with Gasteiger partial charge < -0.3 is 0 Å². The molecule has 1 aromatic heterocycles. The number of aryl methyl sites for hydroxylation is 1. The van der Waals surface area contributed by atoms with Gasteiger partial charge in [0.05, 0.1) is 17.6 Å². The molecular weight excluding hydrogens is 276 g/mol. The monoisotopic (exact) mass is 287 g/mol. The summed E-state index contributed by atoms with van der Waals surface area (Å²) in [5.41, 5.74) is 0.0969. The van der Waals surface area contributed by atoms with Gasteiger partial charge in [0.2, 0.25) is 0 Å². The highest BCUT2D eigenvalue weighted by atomic mass is 32.2. The maximum atomic E-state index is 13.4. The average Bonchev–Trinajstić information content (AvgIpc) is 2.64. The molecule has 1 N–H and O–H groups in total. The molecule has 1 aromatic carbocycles. The second-order valence-corrected chi connectivity index (χ2v) is 5.60. The van der Waals surface area contributed by atoms with Gasteiger partial charge in [0.25, 0.3) is 10.0 Å². The number of anilines is 1. The first-order valence-electron chi connectivity index (χ1n) is 5.28. The molecule has 5 nitrogen and oxygen atoms in total. The minimum Gasteiger partial charge on any atom is -0.277 e. The molecule has 0 saturated carbocycles. The number of nitrogens with zero attached hydrogens (tertiary/aromatic N) is 2. The average molecular weight is 287 g/mol. The third kappa shape index (κ3) is 2.58. The van der Waals surface area contributed by atoms with E-state index < -0.39 is 21.7 Å². The lowest BCUT2D eigenvalue weighted by Gasteiger charge is -2.08. The molecule has 0 radical (unpaired) electrons. The summed E-state index contributed by atoms with van der Waals surface area (Å²) in [7, 11) is -2.36. The maximum absolute atomic E-state index is 13.4. The molecule has 0 bridgehead atoms. The van der Waals surface area contributed by atoms with Crippen molar-refractivity contribution in [3.05, 3.63) is 41.7 Å². The van der Waals surface area contributed by atoms with E-state index in [-0.39, 0.29) is 10.6 Å². The van der Waals surface area contributed by atoms with Gasteiger partial charge in [-0.25, -0.2) is 17.2 Å². The lowest BCUT2D eigenvalue weighted by Crippen LogP contribution is -2.15. The van der Waals surface area contributed by atoms with Crippen LogP contribution in [0.4, 0.5) is 14.5 Å². The van der Waals surface area contributed by atoms with Gasteiger partial charge in [0.15, 0.2) is 0 Å². The topological polar surface area (TPSA) is 64.0 Å². The smallest absolute Gasteiger partial charge is 0.265 e. The van der Waals surface area contributed by atoms with Crippen molar-refractivity contribution in [3.63, 3.8) is 0 Å². The Morgan fingerprint density at radius 1 is 1.32 bits per heavy atom. The van der Waals surface area contributed by atoms with Crippen molar-refractivity contribution in [2.75, 3.05) is 4.72 Å². The molecule has 19 heavy (non-hydrogen) atoms. The number of halogens is 2. The molecule has 8 heteroatoms. The quantitative estimate of drug-likeness (QED) is 0.936. The minimum absolute atomic E-state index is 0.0567. The number of benzene rings is 1. The van der Waals surface area contributed by atoms with E-state index in [1.54, 1.807) is 14.0 Å². The van der Waals surface area contributed by atoms with Crippen LogP contribution in [0.2, 0.25) is 0 Å². The number of sulfonamides is 1. The fraction of sp³-hybridized carbons (Fsp3) is 0.182. The largest absolute Gasteiger partial charge is 0.277 e. The Hall–Kier alpha value is -1.96. The zero-order valence-electron chi connectivity index (χ0n) is 10.2. The second-order valence-electron chi connectivity index (χ2n) is 3.95. The van der Waals surface area contributed by atoms with E-state index in [0.717, 1.165) is 12.1 Å². The predicted octanol–water partition coefficient (Wildman–Crippen LogP) is 1.81. The normalized spacial score (nSPS) is 11.6. The Morgan fingerprint density at radius 2 is 2.00 bits per heavy atom. The molecule has 102 valence electrons. The van der Waals surface area contributed by atoms with E-state index in [9.17, 15) is 17.2 Å². The number of hydrogen-bond donors (Lipinski definition) is 1. The maximum Gasteiger partial charge on any atom is 0.265 e. The molecule has 0 atom stereocenters. The van der Waals surface area contributed by atoms with Crippen LogP contribution >= 0.6 is 0 Å². The van der Waals surface area contributed by atoms with Crippen LogP contribution < -0.4 is 4.72 Å². The van der Waals surface area contributed by atoms with Gasteiger partial charge in [-0.1, -0.05) is 0 Å².